The maximum Gasteiger partial charge on any atom is 0.264 e. The van der Waals surface area contributed by atoms with Crippen molar-refractivity contribution in [3.05, 3.63) is 16.3 Å². The predicted octanol–water partition coefficient (Wildman–Crippen LogP) is 0.902. The van der Waals surface area contributed by atoms with E-state index in [-0.39, 0.29) is 29.3 Å². The number of likely N-dealkylation sites (N-methyl/N-ethyl adjacent to an activating group) is 1. The maximum atomic E-state index is 12.5. The molecule has 21 heavy (non-hydrogen) atoms. The van der Waals surface area contributed by atoms with E-state index < -0.39 is 10.0 Å². The molecule has 0 saturated carbocycles. The monoisotopic (exact) mass is 353 g/mol. The molecule has 2 N–H and O–H groups in total. The third-order valence-corrected chi connectivity index (χ3v) is 5.90. The fourth-order valence-electron chi connectivity index (χ4n) is 2.38. The van der Waals surface area contributed by atoms with Crippen LogP contribution in [-0.4, -0.2) is 52.5 Å². The zero-order chi connectivity index (χ0) is 14.8. The highest BCUT2D eigenvalue weighted by Gasteiger charge is 2.30. The summed E-state index contributed by atoms with van der Waals surface area (Å²) in [5, 5.41) is 4.59. The first kappa shape index (κ1) is 18.4. The number of amides is 1. The lowest BCUT2D eigenvalue weighted by molar-refractivity contribution is 0.0742. The molecule has 2 heterocycles. The molecule has 0 radical (unpaired) electrons. The number of carbonyl (C=O) groups excluding carboxylic acids is 1. The third-order valence-electron chi connectivity index (χ3n) is 3.44. The smallest absolute Gasteiger partial charge is 0.264 e. The van der Waals surface area contributed by atoms with Crippen molar-refractivity contribution in [2.45, 2.75) is 23.8 Å². The highest BCUT2D eigenvalue weighted by atomic mass is 35.5. The van der Waals surface area contributed by atoms with Crippen molar-refractivity contribution in [2.24, 2.45) is 0 Å². The van der Waals surface area contributed by atoms with Crippen molar-refractivity contribution < 1.29 is 13.2 Å². The first-order valence-electron chi connectivity index (χ1n) is 6.47. The molecule has 2 rings (SSSR count). The van der Waals surface area contributed by atoms with Gasteiger partial charge in [0.05, 0.1) is 9.77 Å². The van der Waals surface area contributed by atoms with Gasteiger partial charge in [-0.3, -0.25) is 4.79 Å². The van der Waals surface area contributed by atoms with E-state index in [0.717, 1.165) is 25.9 Å². The lowest BCUT2D eigenvalue weighted by Gasteiger charge is -2.23. The normalized spacial score (nSPS) is 18.6. The quantitative estimate of drug-likeness (QED) is 0.824. The van der Waals surface area contributed by atoms with Gasteiger partial charge in [-0.2, -0.15) is 0 Å². The molecule has 6 nitrogen and oxygen atoms in total. The lowest BCUT2D eigenvalue weighted by Crippen LogP contribution is -2.40. The van der Waals surface area contributed by atoms with Crippen LogP contribution >= 0.6 is 23.7 Å². The van der Waals surface area contributed by atoms with Gasteiger partial charge in [0.2, 0.25) is 10.0 Å². The number of thiophene rings is 1. The van der Waals surface area contributed by atoms with E-state index in [0.29, 0.717) is 4.88 Å². The van der Waals surface area contributed by atoms with Crippen LogP contribution in [-0.2, 0) is 10.0 Å². The van der Waals surface area contributed by atoms with Gasteiger partial charge < -0.3 is 10.2 Å². The molecule has 1 aromatic heterocycles. The predicted molar refractivity (Wildman–Crippen MR) is 85.8 cm³/mol. The summed E-state index contributed by atoms with van der Waals surface area (Å²) < 4.78 is 25.6. The van der Waals surface area contributed by atoms with Gasteiger partial charge in [-0.25, -0.2) is 13.1 Å². The molecule has 0 aromatic carbocycles. The minimum atomic E-state index is -3.48. The number of sulfonamides is 1. The van der Waals surface area contributed by atoms with Gasteiger partial charge in [0, 0.05) is 24.5 Å². The average molecular weight is 354 g/mol. The number of nitrogens with one attached hydrogen (secondary N) is 2. The van der Waals surface area contributed by atoms with E-state index in [1.54, 1.807) is 0 Å². The standard InChI is InChI=1S/C12H19N3O3S2.ClH/c1-13-7-9-4-3-5-15(9)12(16)11-6-10(8-19-11)20(17,18)14-2;/h6,8-9,13-14H,3-5,7H2,1-2H3;1H. The van der Waals surface area contributed by atoms with Crippen LogP contribution in [0.2, 0.25) is 0 Å². The molecule has 1 saturated heterocycles. The summed E-state index contributed by atoms with van der Waals surface area (Å²) in [6.45, 7) is 1.50. The van der Waals surface area contributed by atoms with Crippen molar-refractivity contribution in [1.29, 1.82) is 0 Å². The Kier molecular flexibility index (Phi) is 6.61. The SMILES string of the molecule is CNCC1CCCN1C(=O)c1cc(S(=O)(=O)NC)cs1.Cl. The number of likely N-dealkylation sites (tertiary alicyclic amines) is 1. The molecule has 120 valence electrons. The summed E-state index contributed by atoms with van der Waals surface area (Å²) in [4.78, 5) is 14.9. The zero-order valence-electron chi connectivity index (χ0n) is 12.0. The first-order valence-corrected chi connectivity index (χ1v) is 8.83. The Bertz CT molecular complexity index is 588. The summed E-state index contributed by atoms with van der Waals surface area (Å²) >= 11 is 1.18. The largest absolute Gasteiger partial charge is 0.334 e. The van der Waals surface area contributed by atoms with Gasteiger partial charge in [0.25, 0.3) is 5.91 Å². The molecular weight excluding hydrogens is 334 g/mol. The van der Waals surface area contributed by atoms with Gasteiger partial charge in [-0.1, -0.05) is 0 Å². The van der Waals surface area contributed by atoms with E-state index in [1.807, 2.05) is 11.9 Å². The lowest BCUT2D eigenvalue weighted by atomic mass is 10.2. The number of nitrogens with zero attached hydrogens (tertiary/aromatic N) is 1. The Morgan fingerprint density at radius 1 is 1.48 bits per heavy atom. The Hall–Kier alpha value is -0.670. The highest BCUT2D eigenvalue weighted by molar-refractivity contribution is 7.89. The van der Waals surface area contributed by atoms with Crippen molar-refractivity contribution >= 4 is 39.7 Å². The minimum absolute atomic E-state index is 0. The number of hydrogen-bond acceptors (Lipinski definition) is 5. The minimum Gasteiger partial charge on any atom is -0.334 e. The molecule has 1 aromatic rings. The molecule has 1 aliphatic rings. The second-order valence-corrected chi connectivity index (χ2v) is 7.50. The first-order chi connectivity index (χ1) is 9.49. The van der Waals surface area contributed by atoms with Gasteiger partial charge in [-0.15, -0.1) is 23.7 Å². The van der Waals surface area contributed by atoms with E-state index >= 15 is 0 Å². The van der Waals surface area contributed by atoms with Gasteiger partial charge >= 0.3 is 0 Å². The molecule has 1 aliphatic heterocycles. The molecule has 9 heteroatoms. The third kappa shape index (κ3) is 3.95. The molecule has 0 spiro atoms. The number of carbonyl (C=O) groups is 1. The molecule has 1 atom stereocenters. The average Bonchev–Trinajstić information content (AvgIpc) is 3.07. The molecular formula is C12H20ClN3O3S2. The van der Waals surface area contributed by atoms with Crippen LogP contribution in [0.3, 0.4) is 0 Å². The van der Waals surface area contributed by atoms with Crippen molar-refractivity contribution in [2.75, 3.05) is 27.2 Å². The van der Waals surface area contributed by atoms with Crippen LogP contribution in [0.5, 0.6) is 0 Å². The van der Waals surface area contributed by atoms with Gasteiger partial charge in [0.15, 0.2) is 0 Å². The Morgan fingerprint density at radius 3 is 2.81 bits per heavy atom. The second-order valence-electron chi connectivity index (χ2n) is 4.71. The van der Waals surface area contributed by atoms with Crippen LogP contribution in [0, 0.1) is 0 Å². The van der Waals surface area contributed by atoms with Crippen molar-refractivity contribution in [1.82, 2.24) is 14.9 Å². The molecule has 0 bridgehead atoms. The van der Waals surface area contributed by atoms with E-state index in [4.69, 9.17) is 0 Å². The maximum absolute atomic E-state index is 12.5. The molecule has 0 aliphatic carbocycles. The fraction of sp³-hybridized carbons (Fsp3) is 0.583. The van der Waals surface area contributed by atoms with Crippen LogP contribution in [0.15, 0.2) is 16.3 Å². The molecule has 1 amide bonds. The van der Waals surface area contributed by atoms with Gasteiger partial charge in [-0.05, 0) is 33.0 Å². The van der Waals surface area contributed by atoms with Gasteiger partial charge in [0.1, 0.15) is 0 Å². The van der Waals surface area contributed by atoms with Crippen molar-refractivity contribution in [3.8, 4) is 0 Å². The molecule has 1 unspecified atom stereocenters. The van der Waals surface area contributed by atoms with E-state index in [2.05, 4.69) is 10.0 Å². The zero-order valence-corrected chi connectivity index (χ0v) is 14.4. The van der Waals surface area contributed by atoms with Crippen LogP contribution in [0.4, 0.5) is 0 Å². The van der Waals surface area contributed by atoms with E-state index in [1.165, 1.54) is 29.8 Å². The summed E-state index contributed by atoms with van der Waals surface area (Å²) in [6, 6.07) is 1.65. The molecule has 1 fully saturated rings. The number of rotatable bonds is 5. The summed E-state index contributed by atoms with van der Waals surface area (Å²) in [5.41, 5.74) is 0. The Labute approximate surface area is 135 Å². The second kappa shape index (κ2) is 7.55. The fourth-order valence-corrected chi connectivity index (χ4v) is 4.34. The van der Waals surface area contributed by atoms with Crippen LogP contribution < -0.4 is 10.0 Å². The highest BCUT2D eigenvalue weighted by Crippen LogP contribution is 2.25. The summed E-state index contributed by atoms with van der Waals surface area (Å²) in [5.74, 6) is -0.0784. The summed E-state index contributed by atoms with van der Waals surface area (Å²) in [6.07, 6.45) is 1.98. The van der Waals surface area contributed by atoms with Crippen LogP contribution in [0.25, 0.3) is 0 Å². The summed E-state index contributed by atoms with van der Waals surface area (Å²) in [7, 11) is -0.257. The topological polar surface area (TPSA) is 78.5 Å². The van der Waals surface area contributed by atoms with Crippen LogP contribution in [0.1, 0.15) is 22.5 Å². The number of halogens is 1. The number of hydrogen-bond donors (Lipinski definition) is 2. The Balaban J connectivity index is 0.00000220. The van der Waals surface area contributed by atoms with Crippen molar-refractivity contribution in [3.63, 3.8) is 0 Å². The Morgan fingerprint density at radius 2 is 2.19 bits per heavy atom. The van der Waals surface area contributed by atoms with E-state index in [9.17, 15) is 13.2 Å².